The summed E-state index contributed by atoms with van der Waals surface area (Å²) in [6.07, 6.45) is 8.50. The van der Waals surface area contributed by atoms with Crippen LogP contribution in [0.4, 0.5) is 0 Å². The zero-order chi connectivity index (χ0) is 9.23. The summed E-state index contributed by atoms with van der Waals surface area (Å²) in [4.78, 5) is 3.00. The first-order valence-corrected chi connectivity index (χ1v) is 4.47. The van der Waals surface area contributed by atoms with E-state index in [1.807, 2.05) is 12.5 Å². The van der Waals surface area contributed by atoms with Gasteiger partial charge in [-0.3, -0.25) is 4.98 Å². The Labute approximate surface area is 86.2 Å². The topological polar surface area (TPSA) is 39.9 Å². The van der Waals surface area contributed by atoms with E-state index in [2.05, 4.69) is 22.7 Å². The molecule has 2 N–H and O–H groups in total. The number of H-pyrrole nitrogens is 1. The number of halogens is 1. The molecule has 0 amide bonds. The van der Waals surface area contributed by atoms with Gasteiger partial charge in [0.05, 0.1) is 6.54 Å². The van der Waals surface area contributed by atoms with E-state index in [1.165, 1.54) is 12.8 Å². The second kappa shape index (κ2) is 11.5. The molecule has 0 fully saturated rings. The van der Waals surface area contributed by atoms with Crippen LogP contribution in [0, 0.1) is 0 Å². The van der Waals surface area contributed by atoms with E-state index in [1.54, 1.807) is 6.92 Å². The Morgan fingerprint density at radius 2 is 2.00 bits per heavy atom. The number of aryl methyl sites for hydroxylation is 1. The lowest BCUT2D eigenvalue weighted by molar-refractivity contribution is -0.696. The molecule has 0 saturated carbocycles. The average molecular weight is 207 g/mol. The maximum atomic E-state index is 7.57. The summed E-state index contributed by atoms with van der Waals surface area (Å²) in [7, 11) is 0. The summed E-state index contributed by atoms with van der Waals surface area (Å²) >= 11 is 0. The third-order valence-electron chi connectivity index (χ3n) is 1.37. The highest BCUT2D eigenvalue weighted by Gasteiger charge is 1.92. The molecule has 1 aromatic rings. The van der Waals surface area contributed by atoms with Gasteiger partial charge >= 0.3 is 0 Å². The van der Waals surface area contributed by atoms with Crippen LogP contribution in [0.25, 0.3) is 0 Å². The van der Waals surface area contributed by atoms with Gasteiger partial charge in [-0.05, 0) is 13.3 Å². The highest BCUT2D eigenvalue weighted by Crippen LogP contribution is 1.84. The molecule has 0 aromatic carbocycles. The van der Waals surface area contributed by atoms with Crippen molar-refractivity contribution in [1.29, 1.82) is 0 Å². The smallest absolute Gasteiger partial charge is 0.241 e. The molecule has 0 aliphatic carbocycles. The van der Waals surface area contributed by atoms with E-state index in [0.717, 1.165) is 6.54 Å². The lowest BCUT2D eigenvalue weighted by atomic mass is 10.3. The van der Waals surface area contributed by atoms with Gasteiger partial charge in [-0.1, -0.05) is 13.3 Å². The van der Waals surface area contributed by atoms with Crippen LogP contribution in [0.5, 0.6) is 0 Å². The van der Waals surface area contributed by atoms with Crippen LogP contribution in [0.3, 0.4) is 0 Å². The van der Waals surface area contributed by atoms with Crippen molar-refractivity contribution in [2.75, 3.05) is 6.61 Å². The van der Waals surface area contributed by atoms with E-state index in [0.29, 0.717) is 0 Å². The lowest BCUT2D eigenvalue weighted by Crippen LogP contribution is -3.00. The highest BCUT2D eigenvalue weighted by molar-refractivity contribution is 4.55. The maximum Gasteiger partial charge on any atom is 0.241 e. The molecule has 0 radical (unpaired) electrons. The fraction of sp³-hybridized carbons (Fsp3) is 0.667. The van der Waals surface area contributed by atoms with E-state index in [4.69, 9.17) is 5.11 Å². The van der Waals surface area contributed by atoms with Crippen LogP contribution in [0.2, 0.25) is 0 Å². The predicted octanol–water partition coefficient (Wildman–Crippen LogP) is -1.90. The molecule has 4 heteroatoms. The summed E-state index contributed by atoms with van der Waals surface area (Å²) < 4.78 is 2.16. The zero-order valence-electron chi connectivity index (χ0n) is 8.33. The number of nitrogens with zero attached hydrogens (tertiary/aromatic N) is 1. The Hall–Kier alpha value is -0.540. The first-order chi connectivity index (χ1) is 5.85. The molecule has 13 heavy (non-hydrogen) atoms. The molecule has 1 aromatic heterocycles. The van der Waals surface area contributed by atoms with Gasteiger partial charge in [-0.25, -0.2) is 4.57 Å². The zero-order valence-corrected chi connectivity index (χ0v) is 9.09. The molecule has 0 aliphatic rings. The minimum Gasteiger partial charge on any atom is -1.00 e. The fourth-order valence-electron chi connectivity index (χ4n) is 0.800. The summed E-state index contributed by atoms with van der Waals surface area (Å²) in [5.74, 6) is 0. The number of hydrogen-bond donors (Lipinski definition) is 2. The van der Waals surface area contributed by atoms with Crippen molar-refractivity contribution in [2.24, 2.45) is 0 Å². The lowest BCUT2D eigenvalue weighted by Gasteiger charge is -1.89. The SMILES string of the molecule is CCCC[n+]1cc[nH]c1.CCO.[Cl-]. The highest BCUT2D eigenvalue weighted by atomic mass is 35.5. The molecule has 1 heterocycles. The number of unbranched alkanes of at least 4 members (excludes halogenated alkanes) is 1. The summed E-state index contributed by atoms with van der Waals surface area (Å²) in [5, 5.41) is 7.57. The van der Waals surface area contributed by atoms with Gasteiger partial charge in [-0.15, -0.1) is 0 Å². The van der Waals surface area contributed by atoms with Gasteiger partial charge in [0.15, 0.2) is 0 Å². The predicted molar refractivity (Wildman–Crippen MR) is 48.7 cm³/mol. The van der Waals surface area contributed by atoms with E-state index in [-0.39, 0.29) is 19.0 Å². The standard InChI is InChI=1S/C7H12N2.C2H6O.ClH/c1-2-3-5-9-6-4-8-7-9;1-2-3;/h4,6-7H,2-3,5H2,1H3;3H,2H2,1H3;1H. The van der Waals surface area contributed by atoms with Crippen molar-refractivity contribution in [3.8, 4) is 0 Å². The fourth-order valence-corrected chi connectivity index (χ4v) is 0.800. The molecule has 0 saturated heterocycles. The Bertz CT molecular complexity index is 166. The largest absolute Gasteiger partial charge is 1.00 e. The summed E-state index contributed by atoms with van der Waals surface area (Å²) in [6.45, 7) is 5.27. The van der Waals surface area contributed by atoms with Crippen molar-refractivity contribution < 1.29 is 22.1 Å². The Morgan fingerprint density at radius 3 is 2.38 bits per heavy atom. The van der Waals surface area contributed by atoms with Gasteiger partial charge in [0.2, 0.25) is 6.33 Å². The molecule has 0 aliphatic heterocycles. The van der Waals surface area contributed by atoms with Crippen molar-refractivity contribution in [3.63, 3.8) is 0 Å². The minimum atomic E-state index is 0. The summed E-state index contributed by atoms with van der Waals surface area (Å²) in [6, 6.07) is 0. The van der Waals surface area contributed by atoms with Gasteiger partial charge in [0.1, 0.15) is 12.4 Å². The number of nitrogens with one attached hydrogen (secondary N) is 1. The van der Waals surface area contributed by atoms with E-state index in [9.17, 15) is 0 Å². The van der Waals surface area contributed by atoms with Crippen LogP contribution in [-0.2, 0) is 6.54 Å². The molecule has 78 valence electrons. The molecule has 0 atom stereocenters. The average Bonchev–Trinajstić information content (AvgIpc) is 2.54. The van der Waals surface area contributed by atoms with Crippen LogP contribution in [-0.4, -0.2) is 16.7 Å². The van der Waals surface area contributed by atoms with Crippen molar-refractivity contribution >= 4 is 0 Å². The third kappa shape index (κ3) is 9.37. The Morgan fingerprint density at radius 1 is 1.38 bits per heavy atom. The first kappa shape index (κ1) is 15.0. The van der Waals surface area contributed by atoms with Crippen LogP contribution >= 0.6 is 0 Å². The number of aromatic amines is 1. The Balaban J connectivity index is 0. The molecular weight excluding hydrogens is 188 g/mol. The summed E-state index contributed by atoms with van der Waals surface area (Å²) in [5.41, 5.74) is 0. The van der Waals surface area contributed by atoms with Gasteiger partial charge in [-0.2, -0.15) is 0 Å². The molecule has 1 rings (SSSR count). The third-order valence-corrected chi connectivity index (χ3v) is 1.37. The van der Waals surface area contributed by atoms with Crippen molar-refractivity contribution in [3.05, 3.63) is 18.7 Å². The van der Waals surface area contributed by atoms with Crippen molar-refractivity contribution in [2.45, 2.75) is 33.2 Å². The number of imidazole rings is 1. The Kier molecular flexibility index (Phi) is 13.2. The second-order valence-electron chi connectivity index (χ2n) is 2.52. The normalized spacial score (nSPS) is 8.23. The first-order valence-electron chi connectivity index (χ1n) is 4.47. The molecule has 0 spiro atoms. The number of rotatable bonds is 3. The molecule has 0 bridgehead atoms. The van der Waals surface area contributed by atoms with E-state index < -0.39 is 0 Å². The molecule has 3 nitrogen and oxygen atoms in total. The van der Waals surface area contributed by atoms with Gasteiger partial charge in [0, 0.05) is 6.61 Å². The van der Waals surface area contributed by atoms with Crippen molar-refractivity contribution in [1.82, 2.24) is 4.98 Å². The van der Waals surface area contributed by atoms with E-state index >= 15 is 0 Å². The molecular formula is C9H19ClN2O. The molecule has 0 unspecified atom stereocenters. The second-order valence-corrected chi connectivity index (χ2v) is 2.52. The number of hydrogen-bond acceptors (Lipinski definition) is 1. The quantitative estimate of drug-likeness (QED) is 0.558. The van der Waals surface area contributed by atoms with Gasteiger partial charge < -0.3 is 17.5 Å². The number of aromatic nitrogens is 2. The monoisotopic (exact) mass is 206 g/mol. The number of aliphatic hydroxyl groups is 1. The minimum absolute atomic E-state index is 0. The van der Waals surface area contributed by atoms with Crippen LogP contribution < -0.4 is 17.0 Å². The van der Waals surface area contributed by atoms with Gasteiger partial charge in [0.25, 0.3) is 0 Å². The van der Waals surface area contributed by atoms with Crippen LogP contribution in [0.15, 0.2) is 18.7 Å². The van der Waals surface area contributed by atoms with Crippen LogP contribution in [0.1, 0.15) is 26.7 Å². The maximum absolute atomic E-state index is 7.57. The number of aliphatic hydroxyl groups excluding tert-OH is 1.